The molecule has 0 aliphatic carbocycles. The molecule has 0 aromatic heterocycles. The number of hydrogen-bond acceptors (Lipinski definition) is 4. The lowest BCUT2D eigenvalue weighted by molar-refractivity contribution is -0.114. The molecule has 0 bridgehead atoms. The number of likely N-dealkylation sites (N-methyl/N-ethyl adjacent to an activating group) is 1. The molecule has 1 N–H and O–H groups in total. The van der Waals surface area contributed by atoms with Gasteiger partial charge in [-0.3, -0.25) is 14.5 Å². The number of nitrogens with one attached hydrogen (secondary N) is 1. The largest absolute Gasteiger partial charge is 0.326 e. The SMILES string of the molecule is CC(=O)Nc1ccc(C(=O)CN2CCN(C)CC2)c(C)c1. The number of hydrogen-bond donors (Lipinski definition) is 1. The predicted molar refractivity (Wildman–Crippen MR) is 83.8 cm³/mol. The molecule has 0 spiro atoms. The summed E-state index contributed by atoms with van der Waals surface area (Å²) in [5.74, 6) is 0.0392. The highest BCUT2D eigenvalue weighted by Gasteiger charge is 2.18. The zero-order chi connectivity index (χ0) is 15.4. The van der Waals surface area contributed by atoms with Crippen LogP contribution in [-0.2, 0) is 4.79 Å². The average molecular weight is 289 g/mol. The molecule has 1 amide bonds. The first-order valence-electron chi connectivity index (χ1n) is 7.28. The van der Waals surface area contributed by atoms with E-state index in [0.29, 0.717) is 6.54 Å². The Bertz CT molecular complexity index is 534. The van der Waals surface area contributed by atoms with Gasteiger partial charge in [0.25, 0.3) is 0 Å². The van der Waals surface area contributed by atoms with Crippen molar-refractivity contribution in [3.8, 4) is 0 Å². The van der Waals surface area contributed by atoms with Gasteiger partial charge in [0.05, 0.1) is 6.54 Å². The Morgan fingerprint density at radius 2 is 1.86 bits per heavy atom. The van der Waals surface area contributed by atoms with Crippen LogP contribution in [0.15, 0.2) is 18.2 Å². The van der Waals surface area contributed by atoms with Crippen LogP contribution < -0.4 is 5.32 Å². The van der Waals surface area contributed by atoms with Crippen molar-refractivity contribution in [2.75, 3.05) is 45.1 Å². The number of nitrogens with zero attached hydrogens (tertiary/aromatic N) is 2. The second-order valence-corrected chi connectivity index (χ2v) is 5.71. The molecule has 5 nitrogen and oxygen atoms in total. The number of amides is 1. The van der Waals surface area contributed by atoms with Crippen LogP contribution in [0.1, 0.15) is 22.8 Å². The van der Waals surface area contributed by atoms with E-state index in [4.69, 9.17) is 0 Å². The Morgan fingerprint density at radius 1 is 1.19 bits per heavy atom. The second-order valence-electron chi connectivity index (χ2n) is 5.71. The highest BCUT2D eigenvalue weighted by atomic mass is 16.1. The quantitative estimate of drug-likeness (QED) is 0.851. The number of rotatable bonds is 4. The minimum Gasteiger partial charge on any atom is -0.326 e. The van der Waals surface area contributed by atoms with Crippen LogP contribution >= 0.6 is 0 Å². The van der Waals surface area contributed by atoms with Crippen LogP contribution in [0.25, 0.3) is 0 Å². The lowest BCUT2D eigenvalue weighted by Crippen LogP contribution is -2.46. The summed E-state index contributed by atoms with van der Waals surface area (Å²) in [4.78, 5) is 27.9. The number of benzene rings is 1. The van der Waals surface area contributed by atoms with Gasteiger partial charge in [-0.15, -0.1) is 0 Å². The number of piperazine rings is 1. The first-order valence-corrected chi connectivity index (χ1v) is 7.28. The molecule has 1 aliphatic heterocycles. The Morgan fingerprint density at radius 3 is 2.43 bits per heavy atom. The topological polar surface area (TPSA) is 52.7 Å². The summed E-state index contributed by atoms with van der Waals surface area (Å²) in [6, 6.07) is 5.43. The third-order valence-corrected chi connectivity index (χ3v) is 3.81. The van der Waals surface area contributed by atoms with Gasteiger partial charge in [-0.1, -0.05) is 0 Å². The maximum absolute atomic E-state index is 12.4. The highest BCUT2D eigenvalue weighted by Crippen LogP contribution is 2.16. The minimum absolute atomic E-state index is 0.106. The smallest absolute Gasteiger partial charge is 0.221 e. The summed E-state index contributed by atoms with van der Waals surface area (Å²) in [5, 5.41) is 2.73. The van der Waals surface area contributed by atoms with Gasteiger partial charge in [0.2, 0.25) is 5.91 Å². The molecule has 2 rings (SSSR count). The van der Waals surface area contributed by atoms with Crippen LogP contribution in [0.5, 0.6) is 0 Å². The molecule has 1 saturated heterocycles. The molecule has 1 aromatic carbocycles. The van der Waals surface area contributed by atoms with Gasteiger partial charge in [0.1, 0.15) is 0 Å². The van der Waals surface area contributed by atoms with Crippen LogP contribution in [0, 0.1) is 6.92 Å². The van der Waals surface area contributed by atoms with Crippen LogP contribution in [0.2, 0.25) is 0 Å². The Kier molecular flexibility index (Phi) is 5.09. The van der Waals surface area contributed by atoms with Crippen molar-refractivity contribution in [2.45, 2.75) is 13.8 Å². The molecule has 1 aliphatic rings. The van der Waals surface area contributed by atoms with E-state index in [2.05, 4.69) is 22.2 Å². The molecule has 0 radical (unpaired) electrons. The van der Waals surface area contributed by atoms with Crippen molar-refractivity contribution < 1.29 is 9.59 Å². The molecular weight excluding hydrogens is 266 g/mol. The van der Waals surface area contributed by atoms with Gasteiger partial charge in [0.15, 0.2) is 5.78 Å². The molecular formula is C16H23N3O2. The second kappa shape index (κ2) is 6.83. The molecule has 0 saturated carbocycles. The van der Waals surface area contributed by atoms with Crippen molar-refractivity contribution in [2.24, 2.45) is 0 Å². The monoisotopic (exact) mass is 289 g/mol. The van der Waals surface area contributed by atoms with Gasteiger partial charge in [-0.2, -0.15) is 0 Å². The fourth-order valence-corrected chi connectivity index (χ4v) is 2.55. The summed E-state index contributed by atoms with van der Waals surface area (Å²) < 4.78 is 0. The summed E-state index contributed by atoms with van der Waals surface area (Å²) in [6.07, 6.45) is 0. The Balaban J connectivity index is 2.00. The van der Waals surface area contributed by atoms with E-state index in [1.807, 2.05) is 13.0 Å². The van der Waals surface area contributed by atoms with Crippen molar-refractivity contribution in [3.05, 3.63) is 29.3 Å². The first-order chi connectivity index (χ1) is 9.95. The lowest BCUT2D eigenvalue weighted by atomic mass is 10.0. The summed E-state index contributed by atoms with van der Waals surface area (Å²) in [7, 11) is 2.10. The summed E-state index contributed by atoms with van der Waals surface area (Å²) >= 11 is 0. The van der Waals surface area contributed by atoms with Gasteiger partial charge in [0, 0.05) is 44.4 Å². The molecule has 0 atom stereocenters. The fraction of sp³-hybridized carbons (Fsp3) is 0.500. The van der Waals surface area contributed by atoms with Gasteiger partial charge >= 0.3 is 0 Å². The maximum atomic E-state index is 12.4. The number of carbonyl (C=O) groups is 2. The zero-order valence-electron chi connectivity index (χ0n) is 13.0. The number of carbonyl (C=O) groups excluding carboxylic acids is 2. The van der Waals surface area contributed by atoms with E-state index in [1.54, 1.807) is 12.1 Å². The van der Waals surface area contributed by atoms with E-state index in [0.717, 1.165) is 43.0 Å². The fourth-order valence-electron chi connectivity index (χ4n) is 2.55. The van der Waals surface area contributed by atoms with E-state index in [9.17, 15) is 9.59 Å². The van der Waals surface area contributed by atoms with E-state index in [-0.39, 0.29) is 11.7 Å². The van der Waals surface area contributed by atoms with Crippen LogP contribution in [-0.4, -0.2) is 61.3 Å². The summed E-state index contributed by atoms with van der Waals surface area (Å²) in [5.41, 5.74) is 2.37. The van der Waals surface area contributed by atoms with Crippen LogP contribution in [0.4, 0.5) is 5.69 Å². The van der Waals surface area contributed by atoms with Crippen molar-refractivity contribution in [1.29, 1.82) is 0 Å². The molecule has 21 heavy (non-hydrogen) atoms. The molecule has 1 fully saturated rings. The number of aryl methyl sites for hydroxylation is 1. The van der Waals surface area contributed by atoms with Gasteiger partial charge in [-0.05, 0) is 37.7 Å². The number of Topliss-reactive ketones (excluding diaryl/α,β-unsaturated/α-hetero) is 1. The van der Waals surface area contributed by atoms with Crippen molar-refractivity contribution in [1.82, 2.24) is 9.80 Å². The lowest BCUT2D eigenvalue weighted by Gasteiger charge is -2.31. The summed E-state index contributed by atoms with van der Waals surface area (Å²) in [6.45, 7) is 7.73. The zero-order valence-corrected chi connectivity index (χ0v) is 13.0. The predicted octanol–water partition coefficient (Wildman–Crippen LogP) is 1.38. The number of ketones is 1. The number of anilines is 1. The van der Waals surface area contributed by atoms with Crippen molar-refractivity contribution in [3.63, 3.8) is 0 Å². The standard InChI is InChI=1S/C16H23N3O2/c1-12-10-14(17-13(2)20)4-5-15(12)16(21)11-19-8-6-18(3)7-9-19/h4-5,10H,6-9,11H2,1-3H3,(H,17,20). The van der Waals surface area contributed by atoms with Crippen molar-refractivity contribution >= 4 is 17.4 Å². The third-order valence-electron chi connectivity index (χ3n) is 3.81. The average Bonchev–Trinajstić information content (AvgIpc) is 2.40. The van der Waals surface area contributed by atoms with Crippen LogP contribution in [0.3, 0.4) is 0 Å². The van der Waals surface area contributed by atoms with E-state index < -0.39 is 0 Å². The molecule has 1 heterocycles. The molecule has 5 heteroatoms. The normalized spacial score (nSPS) is 16.7. The molecule has 114 valence electrons. The third kappa shape index (κ3) is 4.37. The van der Waals surface area contributed by atoms with E-state index >= 15 is 0 Å². The Labute approximate surface area is 125 Å². The van der Waals surface area contributed by atoms with Gasteiger partial charge in [-0.25, -0.2) is 0 Å². The molecule has 0 unspecified atom stereocenters. The minimum atomic E-state index is -0.106. The van der Waals surface area contributed by atoms with Gasteiger partial charge < -0.3 is 10.2 Å². The first kappa shape index (κ1) is 15.7. The molecule has 1 aromatic rings. The Hall–Kier alpha value is -1.72. The van der Waals surface area contributed by atoms with E-state index in [1.165, 1.54) is 6.92 Å². The highest BCUT2D eigenvalue weighted by molar-refractivity contribution is 5.99. The maximum Gasteiger partial charge on any atom is 0.221 e.